The average molecular weight is 518 g/mol. The van der Waals surface area contributed by atoms with Crippen molar-refractivity contribution >= 4 is 50.4 Å². The van der Waals surface area contributed by atoms with Crippen LogP contribution in [0, 0.1) is 17.1 Å². The molecule has 1 saturated heterocycles. The van der Waals surface area contributed by atoms with Gasteiger partial charge in [0, 0.05) is 65.9 Å². The molecule has 0 N–H and O–H groups in total. The standard InChI is InChI=1S/C27H24FN5OS2/c1-31(27-30-25(24(15-29)36-27)17-2-4-18(28)5-3-17)23-16-33(19-6-7-19)26(34)21-9-8-20(14-22(21)23)32-10-12-35-13-11-32/h2-5,8-9,14,16,19H,6-7,10-13H2,1H3. The Bertz CT molecular complexity index is 1550. The molecule has 36 heavy (non-hydrogen) atoms. The number of benzene rings is 2. The van der Waals surface area contributed by atoms with Gasteiger partial charge in [0.25, 0.3) is 5.56 Å². The number of nitrogens with zero attached hydrogens (tertiary/aromatic N) is 5. The van der Waals surface area contributed by atoms with Crippen molar-refractivity contribution in [3.8, 4) is 17.3 Å². The smallest absolute Gasteiger partial charge is 0.258 e. The number of hydrogen-bond donors (Lipinski definition) is 0. The van der Waals surface area contributed by atoms with Gasteiger partial charge in [0.15, 0.2) is 5.13 Å². The van der Waals surface area contributed by atoms with E-state index in [2.05, 4.69) is 23.1 Å². The van der Waals surface area contributed by atoms with E-state index in [9.17, 15) is 14.4 Å². The first-order valence-electron chi connectivity index (χ1n) is 12.0. The molecular weight excluding hydrogens is 493 g/mol. The van der Waals surface area contributed by atoms with E-state index in [1.807, 2.05) is 40.5 Å². The minimum Gasteiger partial charge on any atom is -0.370 e. The van der Waals surface area contributed by atoms with E-state index in [1.165, 1.54) is 23.5 Å². The summed E-state index contributed by atoms with van der Waals surface area (Å²) in [4.78, 5) is 23.0. The molecule has 1 aliphatic carbocycles. The lowest BCUT2D eigenvalue weighted by molar-refractivity contribution is 0.628. The highest BCUT2D eigenvalue weighted by Gasteiger charge is 2.28. The number of fused-ring (bicyclic) bond motifs is 1. The maximum atomic E-state index is 13.5. The highest BCUT2D eigenvalue weighted by molar-refractivity contribution is 7.99. The fourth-order valence-corrected chi connectivity index (χ4v) is 6.44. The summed E-state index contributed by atoms with van der Waals surface area (Å²) in [6.07, 6.45) is 3.95. The SMILES string of the molecule is CN(c1nc(-c2ccc(F)cc2)c(C#N)s1)c1cn(C2CC2)c(=O)c2ccc(N3CCSCC3)cc12. The summed E-state index contributed by atoms with van der Waals surface area (Å²) in [5.41, 5.74) is 3.27. The number of thiazole rings is 1. The van der Waals surface area contributed by atoms with E-state index >= 15 is 0 Å². The van der Waals surface area contributed by atoms with Gasteiger partial charge < -0.3 is 14.4 Å². The van der Waals surface area contributed by atoms with Crippen LogP contribution in [0.5, 0.6) is 0 Å². The van der Waals surface area contributed by atoms with Gasteiger partial charge in [0.05, 0.1) is 5.69 Å². The van der Waals surface area contributed by atoms with Crippen molar-refractivity contribution in [2.24, 2.45) is 0 Å². The van der Waals surface area contributed by atoms with Crippen molar-refractivity contribution in [2.45, 2.75) is 18.9 Å². The van der Waals surface area contributed by atoms with Crippen molar-refractivity contribution in [2.75, 3.05) is 41.4 Å². The minimum absolute atomic E-state index is 0.0363. The second-order valence-electron chi connectivity index (χ2n) is 9.14. The Kier molecular flexibility index (Phi) is 5.94. The lowest BCUT2D eigenvalue weighted by Crippen LogP contribution is -2.32. The van der Waals surface area contributed by atoms with E-state index < -0.39 is 0 Å². The van der Waals surface area contributed by atoms with Gasteiger partial charge in [-0.05, 0) is 55.3 Å². The van der Waals surface area contributed by atoms with Gasteiger partial charge in [0.1, 0.15) is 22.5 Å². The monoisotopic (exact) mass is 517 g/mol. The molecule has 182 valence electrons. The third-order valence-electron chi connectivity index (χ3n) is 6.81. The molecule has 1 saturated carbocycles. The highest BCUT2D eigenvalue weighted by Crippen LogP contribution is 2.40. The number of anilines is 3. The van der Waals surface area contributed by atoms with Gasteiger partial charge in [-0.1, -0.05) is 11.3 Å². The van der Waals surface area contributed by atoms with Crippen LogP contribution in [-0.4, -0.2) is 41.2 Å². The van der Waals surface area contributed by atoms with Crippen molar-refractivity contribution in [3.05, 3.63) is 69.7 Å². The zero-order valence-corrected chi connectivity index (χ0v) is 21.4. The Hall–Kier alpha value is -3.35. The molecule has 4 aromatic rings. The van der Waals surface area contributed by atoms with E-state index in [1.54, 1.807) is 12.1 Å². The largest absolute Gasteiger partial charge is 0.370 e. The first kappa shape index (κ1) is 23.1. The fourth-order valence-electron chi connectivity index (χ4n) is 4.67. The summed E-state index contributed by atoms with van der Waals surface area (Å²) < 4.78 is 15.3. The van der Waals surface area contributed by atoms with Crippen LogP contribution in [0.15, 0.2) is 53.5 Å². The van der Waals surface area contributed by atoms with Gasteiger partial charge in [0.2, 0.25) is 0 Å². The molecule has 2 aliphatic rings. The lowest BCUT2D eigenvalue weighted by Gasteiger charge is -2.29. The zero-order valence-electron chi connectivity index (χ0n) is 19.8. The molecule has 1 aliphatic heterocycles. The molecule has 2 aromatic heterocycles. The number of thioether (sulfide) groups is 1. The second-order valence-corrected chi connectivity index (χ2v) is 11.3. The third kappa shape index (κ3) is 4.14. The van der Waals surface area contributed by atoms with Crippen LogP contribution in [0.3, 0.4) is 0 Å². The van der Waals surface area contributed by atoms with Crippen LogP contribution >= 0.6 is 23.1 Å². The van der Waals surface area contributed by atoms with Crippen LogP contribution < -0.4 is 15.4 Å². The summed E-state index contributed by atoms with van der Waals surface area (Å²) in [7, 11) is 1.93. The lowest BCUT2D eigenvalue weighted by atomic mass is 10.1. The molecule has 0 spiro atoms. The summed E-state index contributed by atoms with van der Waals surface area (Å²) in [6, 6.07) is 14.6. The van der Waals surface area contributed by atoms with E-state index in [0.29, 0.717) is 26.7 Å². The van der Waals surface area contributed by atoms with Gasteiger partial charge in [-0.15, -0.1) is 0 Å². The summed E-state index contributed by atoms with van der Waals surface area (Å²) in [6.45, 7) is 1.97. The van der Waals surface area contributed by atoms with Crippen LogP contribution in [0.1, 0.15) is 23.8 Å². The molecular formula is C27H24FN5OS2. The molecule has 6 rings (SSSR count). The van der Waals surface area contributed by atoms with Crippen molar-refractivity contribution in [1.82, 2.24) is 9.55 Å². The topological polar surface area (TPSA) is 65.2 Å². The molecule has 0 unspecified atom stereocenters. The number of nitriles is 1. The quantitative estimate of drug-likeness (QED) is 0.334. The van der Waals surface area contributed by atoms with E-state index in [0.717, 1.165) is 54.2 Å². The van der Waals surface area contributed by atoms with Crippen LogP contribution in [0.4, 0.5) is 20.9 Å². The number of rotatable bonds is 5. The van der Waals surface area contributed by atoms with Crippen molar-refractivity contribution in [1.29, 1.82) is 5.26 Å². The van der Waals surface area contributed by atoms with Crippen molar-refractivity contribution in [3.63, 3.8) is 0 Å². The zero-order chi connectivity index (χ0) is 24.8. The molecule has 0 amide bonds. The summed E-state index contributed by atoms with van der Waals surface area (Å²) >= 11 is 3.26. The predicted molar refractivity (Wildman–Crippen MR) is 146 cm³/mol. The van der Waals surface area contributed by atoms with Crippen molar-refractivity contribution < 1.29 is 4.39 Å². The fraction of sp³-hybridized carbons (Fsp3) is 0.296. The maximum Gasteiger partial charge on any atom is 0.258 e. The van der Waals surface area contributed by atoms with Gasteiger partial charge in [-0.2, -0.15) is 17.0 Å². The van der Waals surface area contributed by atoms with Crippen LogP contribution in [0.2, 0.25) is 0 Å². The Balaban J connectivity index is 1.48. The van der Waals surface area contributed by atoms with Crippen LogP contribution in [-0.2, 0) is 0 Å². The molecule has 0 bridgehead atoms. The molecule has 2 aromatic carbocycles. The minimum atomic E-state index is -0.332. The first-order valence-corrected chi connectivity index (χ1v) is 13.9. The van der Waals surface area contributed by atoms with Crippen LogP contribution in [0.25, 0.3) is 22.0 Å². The Morgan fingerprint density at radius 2 is 1.86 bits per heavy atom. The third-order valence-corrected chi connectivity index (χ3v) is 8.78. The molecule has 6 nitrogen and oxygen atoms in total. The molecule has 9 heteroatoms. The predicted octanol–water partition coefficient (Wildman–Crippen LogP) is 5.79. The average Bonchev–Trinajstić information content (AvgIpc) is 3.67. The first-order chi connectivity index (χ1) is 17.5. The number of halogens is 1. The van der Waals surface area contributed by atoms with E-state index in [-0.39, 0.29) is 17.4 Å². The second kappa shape index (κ2) is 9.26. The number of pyridine rings is 1. The Morgan fingerprint density at radius 3 is 2.56 bits per heavy atom. The normalized spacial score (nSPS) is 15.8. The van der Waals surface area contributed by atoms with E-state index in [4.69, 9.17) is 4.98 Å². The molecule has 0 atom stereocenters. The number of hydrogen-bond acceptors (Lipinski definition) is 7. The van der Waals surface area contributed by atoms with Gasteiger partial charge in [-0.25, -0.2) is 9.37 Å². The van der Waals surface area contributed by atoms with Gasteiger partial charge in [-0.3, -0.25) is 4.79 Å². The summed E-state index contributed by atoms with van der Waals surface area (Å²) in [5.74, 6) is 1.86. The number of aromatic nitrogens is 2. The molecule has 0 radical (unpaired) electrons. The molecule has 2 fully saturated rings. The highest BCUT2D eigenvalue weighted by atomic mass is 32.2. The van der Waals surface area contributed by atoms with Gasteiger partial charge >= 0.3 is 0 Å². The molecule has 3 heterocycles. The Labute approximate surface area is 216 Å². The Morgan fingerprint density at radius 1 is 1.11 bits per heavy atom. The maximum absolute atomic E-state index is 13.5. The summed E-state index contributed by atoms with van der Waals surface area (Å²) in [5, 5.41) is 12.0.